The summed E-state index contributed by atoms with van der Waals surface area (Å²) in [4.78, 5) is 4.64. The number of benzene rings is 10. The van der Waals surface area contributed by atoms with Gasteiger partial charge >= 0.3 is 0 Å². The largest absolute Gasteiger partial charge is 0.454 e. The third-order valence-electron chi connectivity index (χ3n) is 14.5. The first-order chi connectivity index (χ1) is 34.6. The number of aromatic nitrogens is 2. The summed E-state index contributed by atoms with van der Waals surface area (Å²) < 4.78 is 16.4. The topological polar surface area (TPSA) is 51.1 Å². The molecule has 0 fully saturated rings. The molecule has 0 unspecified atom stereocenters. The molecule has 10 aromatic carbocycles. The van der Waals surface area contributed by atoms with E-state index in [9.17, 15) is 11.8 Å². The molecule has 0 saturated heterocycles. The van der Waals surface area contributed by atoms with E-state index in [1.165, 1.54) is 25.6 Å². The second-order valence-corrected chi connectivity index (χ2v) is 20.2. The molecule has 0 aliphatic carbocycles. The zero-order valence-electron chi connectivity index (χ0n) is 37.4. The molecule has 5 aromatic heterocycles. The van der Waals surface area contributed by atoms with E-state index in [0.717, 1.165) is 108 Å². The smallest absolute Gasteiger partial charge is 0.220 e. The highest BCUT2D eigenvalue weighted by atomic mass is 32.1. The standard InChI is InChI=1S/C63H34N4OS2/c1-35-33-46-40-23-12-16-28-51(40)70-63(46)60-52(35)45-24-9-13-25-48(45)66(60)56-47(34-64)53(36-17-5-3-6-18-36)55(65-2)59(54(56)37-19-7-4-8-20-37)67-57-41(29-31-43-38-21-10-14-26-49(38)68-61(43)57)42-30-32-44-39-22-11-15-27-50(39)69-62(44)58(42)67/h3-33H,1H3. The van der Waals surface area contributed by atoms with Crippen LogP contribution < -0.4 is 0 Å². The highest BCUT2D eigenvalue weighted by Gasteiger charge is 2.34. The summed E-state index contributed by atoms with van der Waals surface area (Å²) >= 11 is 3.57. The Hall–Kier alpha value is -8.98. The van der Waals surface area contributed by atoms with Crippen LogP contribution in [0.3, 0.4) is 0 Å². The van der Waals surface area contributed by atoms with Crippen LogP contribution in [0.2, 0.25) is 0 Å². The van der Waals surface area contributed by atoms with E-state index >= 15 is 0 Å². The van der Waals surface area contributed by atoms with E-state index in [-0.39, 0.29) is 0 Å². The van der Waals surface area contributed by atoms with Crippen molar-refractivity contribution in [2.24, 2.45) is 0 Å². The van der Waals surface area contributed by atoms with Gasteiger partial charge in [-0.1, -0.05) is 152 Å². The lowest BCUT2D eigenvalue weighted by Crippen LogP contribution is -2.09. The van der Waals surface area contributed by atoms with Gasteiger partial charge in [0.25, 0.3) is 0 Å². The Labute approximate surface area is 407 Å². The molecule has 0 bridgehead atoms. The van der Waals surface area contributed by atoms with Crippen LogP contribution in [0, 0.1) is 24.8 Å². The minimum atomic E-state index is 0.388. The lowest BCUT2D eigenvalue weighted by atomic mass is 9.88. The first kappa shape index (κ1) is 39.1. The SMILES string of the molecule is [C-]#[N+]c1c(-c2ccccc2)c(C#N)c(-n2c3ccccc3c3c(C)cc4c5ccccc5sc4c32)c(-c2ccccc2)c1-n1c2c(ccc3c4ccccc4oc32)c2ccc3c4ccccc4sc3c21. The summed E-state index contributed by atoms with van der Waals surface area (Å²) in [6, 6.07) is 68.7. The maximum atomic E-state index is 12.1. The number of aryl methyl sites for hydroxylation is 1. The zero-order chi connectivity index (χ0) is 46.4. The Morgan fingerprint density at radius 1 is 0.500 bits per heavy atom. The molecule has 0 radical (unpaired) electrons. The second kappa shape index (κ2) is 14.5. The second-order valence-electron chi connectivity index (χ2n) is 18.1. The number of hydrogen-bond acceptors (Lipinski definition) is 4. The van der Waals surface area contributed by atoms with Crippen molar-refractivity contribution >= 4 is 134 Å². The van der Waals surface area contributed by atoms with Crippen molar-refractivity contribution in [3.63, 3.8) is 0 Å². The maximum Gasteiger partial charge on any atom is 0.220 e. The van der Waals surface area contributed by atoms with Crippen LogP contribution in [0.25, 0.3) is 144 Å². The van der Waals surface area contributed by atoms with E-state index in [2.05, 4.69) is 166 Å². The minimum Gasteiger partial charge on any atom is -0.454 e. The third kappa shape index (κ3) is 5.12. The molecular formula is C63H34N4OS2. The number of nitrogens with zero attached hydrogens (tertiary/aromatic N) is 4. The summed E-state index contributed by atoms with van der Waals surface area (Å²) in [5.74, 6) is 0. The fraction of sp³-hybridized carbons (Fsp3) is 0.0159. The molecule has 0 saturated carbocycles. The molecule has 0 N–H and O–H groups in total. The van der Waals surface area contributed by atoms with E-state index in [1.807, 2.05) is 48.5 Å². The van der Waals surface area contributed by atoms with Gasteiger partial charge in [-0.25, -0.2) is 4.85 Å². The molecule has 5 heterocycles. The monoisotopic (exact) mass is 926 g/mol. The summed E-state index contributed by atoms with van der Waals surface area (Å²) in [5, 5.41) is 23.1. The zero-order valence-corrected chi connectivity index (χ0v) is 39.0. The van der Waals surface area contributed by atoms with Gasteiger partial charge in [0.05, 0.1) is 55.0 Å². The Morgan fingerprint density at radius 2 is 1.06 bits per heavy atom. The van der Waals surface area contributed by atoms with Crippen molar-refractivity contribution in [3.05, 3.63) is 211 Å². The van der Waals surface area contributed by atoms with Crippen LogP contribution in [0.4, 0.5) is 5.69 Å². The summed E-state index contributed by atoms with van der Waals surface area (Å²) in [7, 11) is 0. The first-order valence-electron chi connectivity index (χ1n) is 23.3. The highest BCUT2D eigenvalue weighted by molar-refractivity contribution is 7.27. The van der Waals surface area contributed by atoms with Gasteiger partial charge in [0.1, 0.15) is 11.7 Å². The number of thiophene rings is 2. The quantitative estimate of drug-likeness (QED) is 0.165. The Bertz CT molecular complexity index is 4730. The predicted octanol–water partition coefficient (Wildman–Crippen LogP) is 18.6. The molecule has 0 aliphatic heterocycles. The Kier molecular flexibility index (Phi) is 8.10. The number of hydrogen-bond donors (Lipinski definition) is 0. The van der Waals surface area contributed by atoms with E-state index in [1.54, 1.807) is 22.7 Å². The number of para-hydroxylation sites is 2. The predicted molar refractivity (Wildman–Crippen MR) is 295 cm³/mol. The van der Waals surface area contributed by atoms with Gasteiger partial charge in [-0.3, -0.25) is 0 Å². The third-order valence-corrected chi connectivity index (χ3v) is 16.9. The molecule has 0 amide bonds. The van der Waals surface area contributed by atoms with Crippen molar-refractivity contribution in [1.29, 1.82) is 5.26 Å². The summed E-state index contributed by atoms with van der Waals surface area (Å²) in [6.45, 7) is 11.7. The van der Waals surface area contributed by atoms with Gasteiger partial charge in [-0.05, 0) is 60.0 Å². The summed E-state index contributed by atoms with van der Waals surface area (Å²) in [5.41, 5.74) is 11.9. The molecule has 5 nitrogen and oxygen atoms in total. The molecule has 70 heavy (non-hydrogen) atoms. The number of furan rings is 1. The van der Waals surface area contributed by atoms with Crippen LogP contribution >= 0.6 is 22.7 Å². The van der Waals surface area contributed by atoms with Crippen molar-refractivity contribution in [1.82, 2.24) is 9.13 Å². The molecule has 0 spiro atoms. The van der Waals surface area contributed by atoms with Crippen molar-refractivity contribution in [2.45, 2.75) is 6.92 Å². The van der Waals surface area contributed by atoms with Gasteiger partial charge < -0.3 is 13.6 Å². The average molecular weight is 927 g/mol. The fourth-order valence-corrected chi connectivity index (χ4v) is 14.1. The highest BCUT2D eigenvalue weighted by Crippen LogP contribution is 2.55. The van der Waals surface area contributed by atoms with Crippen molar-refractivity contribution < 1.29 is 4.42 Å². The van der Waals surface area contributed by atoms with Crippen LogP contribution in [0.5, 0.6) is 0 Å². The normalized spacial score (nSPS) is 12.0. The summed E-state index contributed by atoms with van der Waals surface area (Å²) in [6.07, 6.45) is 0. The Balaban J connectivity index is 1.27. The van der Waals surface area contributed by atoms with Crippen molar-refractivity contribution in [3.8, 4) is 39.7 Å². The maximum absolute atomic E-state index is 12.1. The van der Waals surface area contributed by atoms with Gasteiger partial charge in [0.15, 0.2) is 5.58 Å². The molecule has 0 aliphatic rings. The Morgan fingerprint density at radius 3 is 1.76 bits per heavy atom. The van der Waals surface area contributed by atoms with E-state index in [0.29, 0.717) is 22.5 Å². The minimum absolute atomic E-state index is 0.388. The lowest BCUT2D eigenvalue weighted by molar-refractivity contribution is 0.671. The first-order valence-corrected chi connectivity index (χ1v) is 24.9. The number of nitriles is 1. The van der Waals surface area contributed by atoms with E-state index in [4.69, 9.17) is 4.42 Å². The van der Waals surface area contributed by atoms with Gasteiger partial charge in [0, 0.05) is 74.4 Å². The number of fused-ring (bicyclic) bond motifs is 18. The molecule has 7 heteroatoms. The molecule has 15 rings (SSSR count). The average Bonchev–Trinajstić information content (AvgIpc) is 4.23. The molecular weight excluding hydrogens is 893 g/mol. The van der Waals surface area contributed by atoms with Crippen LogP contribution in [-0.2, 0) is 0 Å². The fourth-order valence-electron chi connectivity index (χ4n) is 11.7. The van der Waals surface area contributed by atoms with Crippen molar-refractivity contribution in [2.75, 3.05) is 0 Å². The van der Waals surface area contributed by atoms with E-state index < -0.39 is 0 Å². The molecule has 324 valence electrons. The van der Waals surface area contributed by atoms with Gasteiger partial charge in [-0.2, -0.15) is 5.26 Å². The van der Waals surface area contributed by atoms with Gasteiger partial charge in [-0.15, -0.1) is 22.7 Å². The number of rotatable bonds is 4. The lowest BCUT2D eigenvalue weighted by Gasteiger charge is -2.26. The molecule has 0 atom stereocenters. The van der Waals surface area contributed by atoms with Crippen LogP contribution in [0.1, 0.15) is 11.1 Å². The van der Waals surface area contributed by atoms with Gasteiger partial charge in [0.2, 0.25) is 5.69 Å². The molecule has 15 aromatic rings. The van der Waals surface area contributed by atoms with Crippen LogP contribution in [0.15, 0.2) is 192 Å². The van der Waals surface area contributed by atoms with Crippen LogP contribution in [-0.4, -0.2) is 9.13 Å².